The number of hydrogen-bond donors (Lipinski definition) is 3. The highest BCUT2D eigenvalue weighted by molar-refractivity contribution is 5.99. The van der Waals surface area contributed by atoms with Gasteiger partial charge in [0.15, 0.2) is 5.84 Å². The molecule has 2 unspecified atom stereocenters. The van der Waals surface area contributed by atoms with Gasteiger partial charge in [-0.1, -0.05) is 18.1 Å². The number of benzene rings is 1. The molecule has 4 N–H and O–H groups in total. The zero-order valence-corrected chi connectivity index (χ0v) is 12.1. The molecule has 2 atom stereocenters. The number of rotatable bonds is 5. The van der Waals surface area contributed by atoms with Crippen LogP contribution >= 0.6 is 0 Å². The highest BCUT2D eigenvalue weighted by Crippen LogP contribution is 2.25. The summed E-state index contributed by atoms with van der Waals surface area (Å²) < 4.78 is 5.22. The van der Waals surface area contributed by atoms with E-state index in [1.807, 2.05) is 18.2 Å². The summed E-state index contributed by atoms with van der Waals surface area (Å²) in [5.74, 6) is 1.49. The third-order valence-electron chi connectivity index (χ3n) is 3.94. The van der Waals surface area contributed by atoms with Gasteiger partial charge in [0.1, 0.15) is 5.75 Å². The molecule has 0 aromatic heterocycles. The number of ether oxygens (including phenoxy) is 1. The van der Waals surface area contributed by atoms with E-state index in [0.29, 0.717) is 17.4 Å². The molecule has 2 rings (SSSR count). The van der Waals surface area contributed by atoms with Crippen LogP contribution in [0, 0.1) is 5.92 Å². The lowest BCUT2D eigenvalue weighted by Gasteiger charge is -2.14. The molecule has 5 nitrogen and oxygen atoms in total. The molecule has 1 aliphatic rings. The fourth-order valence-electron chi connectivity index (χ4n) is 2.77. The minimum Gasteiger partial charge on any atom is -0.496 e. The van der Waals surface area contributed by atoms with E-state index in [1.54, 1.807) is 7.11 Å². The molecule has 0 heterocycles. The topological polar surface area (TPSA) is 79.9 Å². The molecule has 0 aliphatic heterocycles. The second-order valence-electron chi connectivity index (χ2n) is 5.52. The van der Waals surface area contributed by atoms with Gasteiger partial charge in [0.05, 0.1) is 12.7 Å². The molecule has 0 amide bonds. The molecule has 5 heteroatoms. The van der Waals surface area contributed by atoms with E-state index in [2.05, 4.69) is 17.4 Å². The minimum absolute atomic E-state index is 0.0678. The van der Waals surface area contributed by atoms with Crippen LogP contribution in [0.15, 0.2) is 23.4 Å². The predicted octanol–water partition coefficient (Wildman–Crippen LogP) is 2.07. The van der Waals surface area contributed by atoms with Gasteiger partial charge in [-0.25, -0.2) is 0 Å². The van der Waals surface area contributed by atoms with E-state index in [1.165, 1.54) is 19.3 Å². The van der Waals surface area contributed by atoms with Gasteiger partial charge >= 0.3 is 0 Å². The van der Waals surface area contributed by atoms with Crippen molar-refractivity contribution in [2.45, 2.75) is 38.8 Å². The SMILES string of the molecule is COc1ccc(CNC2CCC(C)C2)cc1/C(N)=N/O. The summed E-state index contributed by atoms with van der Waals surface area (Å²) in [6, 6.07) is 6.35. The van der Waals surface area contributed by atoms with Gasteiger partial charge in [-0.2, -0.15) is 0 Å². The van der Waals surface area contributed by atoms with Crippen LogP contribution in [0.1, 0.15) is 37.3 Å². The molecule has 0 saturated heterocycles. The summed E-state index contributed by atoms with van der Waals surface area (Å²) in [4.78, 5) is 0. The Bertz CT molecular complexity index is 488. The number of amidine groups is 1. The van der Waals surface area contributed by atoms with Crippen LogP contribution < -0.4 is 15.8 Å². The molecule has 1 fully saturated rings. The molecular formula is C15H23N3O2. The summed E-state index contributed by atoms with van der Waals surface area (Å²) in [6.07, 6.45) is 3.78. The fraction of sp³-hybridized carbons (Fsp3) is 0.533. The van der Waals surface area contributed by atoms with Crippen LogP contribution in [0.25, 0.3) is 0 Å². The van der Waals surface area contributed by atoms with Gasteiger partial charge in [-0.15, -0.1) is 0 Å². The van der Waals surface area contributed by atoms with Crippen molar-refractivity contribution in [1.29, 1.82) is 0 Å². The normalized spacial score (nSPS) is 23.0. The summed E-state index contributed by atoms with van der Waals surface area (Å²) >= 11 is 0. The minimum atomic E-state index is 0.0678. The van der Waals surface area contributed by atoms with Crippen LogP contribution in [0.5, 0.6) is 5.75 Å². The Kier molecular flexibility index (Phi) is 4.84. The van der Waals surface area contributed by atoms with Gasteiger partial charge in [0.2, 0.25) is 0 Å². The van der Waals surface area contributed by atoms with Crippen molar-refractivity contribution in [2.75, 3.05) is 7.11 Å². The first kappa shape index (κ1) is 14.7. The van der Waals surface area contributed by atoms with Crippen LogP contribution in [-0.2, 0) is 6.54 Å². The van der Waals surface area contributed by atoms with E-state index in [0.717, 1.165) is 18.0 Å². The van der Waals surface area contributed by atoms with Gasteiger partial charge in [-0.05, 0) is 42.9 Å². The van der Waals surface area contributed by atoms with E-state index in [-0.39, 0.29) is 5.84 Å². The lowest BCUT2D eigenvalue weighted by molar-refractivity contribution is 0.318. The van der Waals surface area contributed by atoms with Gasteiger partial charge < -0.3 is 21.0 Å². The summed E-state index contributed by atoms with van der Waals surface area (Å²) in [5.41, 5.74) is 7.40. The zero-order chi connectivity index (χ0) is 14.5. The van der Waals surface area contributed by atoms with Crippen LogP contribution in [-0.4, -0.2) is 24.2 Å². The van der Waals surface area contributed by atoms with Crippen molar-refractivity contribution >= 4 is 5.84 Å². The molecule has 1 saturated carbocycles. The van der Waals surface area contributed by atoms with Gasteiger partial charge in [-0.3, -0.25) is 0 Å². The molecule has 1 aromatic rings. The molecule has 1 aliphatic carbocycles. The third kappa shape index (κ3) is 3.42. The molecule has 0 bridgehead atoms. The fourth-order valence-corrected chi connectivity index (χ4v) is 2.77. The maximum atomic E-state index is 8.82. The van der Waals surface area contributed by atoms with Crippen molar-refractivity contribution in [1.82, 2.24) is 5.32 Å². The third-order valence-corrected chi connectivity index (χ3v) is 3.94. The van der Waals surface area contributed by atoms with Crippen molar-refractivity contribution in [3.63, 3.8) is 0 Å². The quantitative estimate of drug-likeness (QED) is 0.333. The summed E-state index contributed by atoms with van der Waals surface area (Å²) in [5, 5.41) is 15.4. The van der Waals surface area contributed by atoms with Crippen molar-refractivity contribution in [3.8, 4) is 5.75 Å². The first-order chi connectivity index (χ1) is 9.63. The number of nitrogens with one attached hydrogen (secondary N) is 1. The van der Waals surface area contributed by atoms with Crippen molar-refractivity contribution in [2.24, 2.45) is 16.8 Å². The first-order valence-electron chi connectivity index (χ1n) is 7.02. The van der Waals surface area contributed by atoms with E-state index >= 15 is 0 Å². The Balaban J connectivity index is 2.05. The molecule has 0 radical (unpaired) electrons. The molecular weight excluding hydrogens is 254 g/mol. The number of nitrogens with zero attached hydrogens (tertiary/aromatic N) is 1. The first-order valence-corrected chi connectivity index (χ1v) is 7.02. The number of hydrogen-bond acceptors (Lipinski definition) is 4. The van der Waals surface area contributed by atoms with E-state index in [4.69, 9.17) is 15.7 Å². The molecule has 110 valence electrons. The average molecular weight is 277 g/mol. The standard InChI is InChI=1S/C15H23N3O2/c1-10-3-5-12(7-10)17-9-11-4-6-14(20-2)13(8-11)15(16)18-19/h4,6,8,10,12,17,19H,3,5,7,9H2,1-2H3,(H2,16,18). The lowest BCUT2D eigenvalue weighted by atomic mass is 10.1. The van der Waals surface area contributed by atoms with Crippen molar-refractivity contribution in [3.05, 3.63) is 29.3 Å². The Morgan fingerprint density at radius 3 is 2.90 bits per heavy atom. The second kappa shape index (κ2) is 6.61. The Labute approximate surface area is 119 Å². The number of nitrogens with two attached hydrogens (primary N) is 1. The molecule has 20 heavy (non-hydrogen) atoms. The average Bonchev–Trinajstić information content (AvgIpc) is 2.89. The summed E-state index contributed by atoms with van der Waals surface area (Å²) in [6.45, 7) is 3.08. The zero-order valence-electron chi connectivity index (χ0n) is 12.1. The highest BCUT2D eigenvalue weighted by Gasteiger charge is 2.20. The van der Waals surface area contributed by atoms with Crippen molar-refractivity contribution < 1.29 is 9.94 Å². The predicted molar refractivity (Wildman–Crippen MR) is 79.1 cm³/mol. The second-order valence-corrected chi connectivity index (χ2v) is 5.52. The molecule has 0 spiro atoms. The van der Waals surface area contributed by atoms with Crippen LogP contribution in [0.2, 0.25) is 0 Å². The lowest BCUT2D eigenvalue weighted by Crippen LogP contribution is -2.26. The van der Waals surface area contributed by atoms with Gasteiger partial charge in [0, 0.05) is 12.6 Å². The molecule has 1 aromatic carbocycles. The Hall–Kier alpha value is -1.75. The largest absolute Gasteiger partial charge is 0.496 e. The Morgan fingerprint density at radius 1 is 1.50 bits per heavy atom. The van der Waals surface area contributed by atoms with Crippen LogP contribution in [0.3, 0.4) is 0 Å². The number of oxime groups is 1. The monoisotopic (exact) mass is 277 g/mol. The Morgan fingerprint density at radius 2 is 2.30 bits per heavy atom. The van der Waals surface area contributed by atoms with Crippen LogP contribution in [0.4, 0.5) is 0 Å². The maximum Gasteiger partial charge on any atom is 0.173 e. The van der Waals surface area contributed by atoms with Gasteiger partial charge in [0.25, 0.3) is 0 Å². The van der Waals surface area contributed by atoms with E-state index in [9.17, 15) is 0 Å². The maximum absolute atomic E-state index is 8.82. The smallest absolute Gasteiger partial charge is 0.173 e. The highest BCUT2D eigenvalue weighted by atomic mass is 16.5. The summed E-state index contributed by atoms with van der Waals surface area (Å²) in [7, 11) is 1.57. The number of methoxy groups -OCH3 is 1. The van der Waals surface area contributed by atoms with E-state index < -0.39 is 0 Å².